The van der Waals surface area contributed by atoms with Crippen LogP contribution in [0.25, 0.3) is 0 Å². The van der Waals surface area contributed by atoms with Gasteiger partial charge in [-0.2, -0.15) is 5.10 Å². The summed E-state index contributed by atoms with van der Waals surface area (Å²) in [4.78, 5) is 19.7. The van der Waals surface area contributed by atoms with E-state index in [-0.39, 0.29) is 30.1 Å². The highest BCUT2D eigenvalue weighted by Crippen LogP contribution is 2.39. The maximum atomic E-state index is 13.6. The van der Waals surface area contributed by atoms with Gasteiger partial charge in [0.1, 0.15) is 17.9 Å². The van der Waals surface area contributed by atoms with Gasteiger partial charge in [-0.15, -0.1) is 0 Å². The van der Waals surface area contributed by atoms with Gasteiger partial charge in [0.25, 0.3) is 0 Å². The van der Waals surface area contributed by atoms with Crippen LogP contribution in [0.1, 0.15) is 51.5 Å². The van der Waals surface area contributed by atoms with E-state index in [2.05, 4.69) is 23.9 Å². The van der Waals surface area contributed by atoms with Gasteiger partial charge in [-0.1, -0.05) is 0 Å². The third-order valence-corrected chi connectivity index (χ3v) is 5.18. The van der Waals surface area contributed by atoms with E-state index in [4.69, 9.17) is 9.47 Å². The van der Waals surface area contributed by atoms with Crippen molar-refractivity contribution >= 4 is 11.6 Å². The van der Waals surface area contributed by atoms with Crippen LogP contribution in [0, 0.1) is 5.92 Å². The van der Waals surface area contributed by atoms with Gasteiger partial charge in [0, 0.05) is 25.0 Å². The van der Waals surface area contributed by atoms with Gasteiger partial charge in [0.05, 0.1) is 18.2 Å². The van der Waals surface area contributed by atoms with E-state index in [1.54, 1.807) is 12.4 Å². The highest BCUT2D eigenvalue weighted by molar-refractivity contribution is 5.97. The molecule has 0 radical (unpaired) electrons. The molecule has 0 N–H and O–H groups in total. The minimum atomic E-state index is -0.283. The first-order valence-corrected chi connectivity index (χ1v) is 9.64. The van der Waals surface area contributed by atoms with Crippen LogP contribution < -0.4 is 9.64 Å². The topological polar surface area (TPSA) is 69.5 Å². The molecule has 0 aromatic carbocycles. The second-order valence-corrected chi connectivity index (χ2v) is 7.54. The first-order chi connectivity index (χ1) is 13.1. The molecule has 2 aliphatic heterocycles. The fraction of sp³-hybridized carbons (Fsp3) is 0.550. The highest BCUT2D eigenvalue weighted by Gasteiger charge is 2.40. The van der Waals surface area contributed by atoms with Crippen molar-refractivity contribution in [3.63, 3.8) is 0 Å². The SMILES string of the molecule is CC1CN(C(=O)[C@@H]2CCCO[C@H]2c2ccnn2C(C)C)c2cccnc2O1. The van der Waals surface area contributed by atoms with Gasteiger partial charge >= 0.3 is 0 Å². The van der Waals surface area contributed by atoms with Crippen LogP contribution >= 0.6 is 0 Å². The highest BCUT2D eigenvalue weighted by atomic mass is 16.5. The van der Waals surface area contributed by atoms with Crippen LogP contribution in [0.2, 0.25) is 0 Å². The Morgan fingerprint density at radius 1 is 1.30 bits per heavy atom. The molecule has 7 heteroatoms. The number of rotatable bonds is 3. The molecular formula is C20H26N4O3. The average Bonchev–Trinajstić information content (AvgIpc) is 3.17. The zero-order valence-corrected chi connectivity index (χ0v) is 16.0. The van der Waals surface area contributed by atoms with E-state index in [0.717, 1.165) is 24.2 Å². The van der Waals surface area contributed by atoms with Crippen LogP contribution in [-0.4, -0.2) is 39.9 Å². The molecule has 1 amide bonds. The molecule has 1 fully saturated rings. The summed E-state index contributed by atoms with van der Waals surface area (Å²) in [5, 5.41) is 4.43. The molecule has 0 spiro atoms. The third kappa shape index (κ3) is 3.32. The molecule has 144 valence electrons. The molecule has 3 atom stereocenters. The first kappa shape index (κ1) is 18.0. The predicted octanol–water partition coefficient (Wildman–Crippen LogP) is 3.14. The van der Waals surface area contributed by atoms with Crippen molar-refractivity contribution < 1.29 is 14.3 Å². The Bertz CT molecular complexity index is 819. The lowest BCUT2D eigenvalue weighted by molar-refractivity contribution is -0.133. The van der Waals surface area contributed by atoms with Crippen molar-refractivity contribution in [1.29, 1.82) is 0 Å². The van der Waals surface area contributed by atoms with E-state index >= 15 is 0 Å². The minimum absolute atomic E-state index is 0.0700. The molecule has 0 saturated carbocycles. The molecule has 27 heavy (non-hydrogen) atoms. The smallest absolute Gasteiger partial charge is 0.238 e. The van der Waals surface area contributed by atoms with Crippen LogP contribution in [0.15, 0.2) is 30.6 Å². The first-order valence-electron chi connectivity index (χ1n) is 9.64. The van der Waals surface area contributed by atoms with E-state index in [0.29, 0.717) is 19.0 Å². The number of aromatic nitrogens is 3. The molecular weight excluding hydrogens is 344 g/mol. The Kier molecular flexibility index (Phi) is 4.86. The van der Waals surface area contributed by atoms with Crippen molar-refractivity contribution in [3.05, 3.63) is 36.3 Å². The molecule has 0 bridgehead atoms. The maximum Gasteiger partial charge on any atom is 0.238 e. The van der Waals surface area contributed by atoms with Crippen molar-refractivity contribution in [2.75, 3.05) is 18.1 Å². The average molecular weight is 370 g/mol. The summed E-state index contributed by atoms with van der Waals surface area (Å²) in [5.74, 6) is 0.344. The van der Waals surface area contributed by atoms with Gasteiger partial charge in [0.2, 0.25) is 11.8 Å². The quantitative estimate of drug-likeness (QED) is 0.830. The maximum absolute atomic E-state index is 13.6. The monoisotopic (exact) mass is 370 g/mol. The van der Waals surface area contributed by atoms with Gasteiger partial charge in [0.15, 0.2) is 0 Å². The number of anilines is 1. The Labute approximate surface area is 159 Å². The lowest BCUT2D eigenvalue weighted by atomic mass is 9.90. The van der Waals surface area contributed by atoms with Crippen molar-refractivity contribution in [3.8, 4) is 5.88 Å². The number of pyridine rings is 1. The number of ether oxygens (including phenoxy) is 2. The number of hydrogen-bond acceptors (Lipinski definition) is 5. The second-order valence-electron chi connectivity index (χ2n) is 7.54. The Hall–Kier alpha value is -2.41. The van der Waals surface area contributed by atoms with E-state index in [1.165, 1.54) is 0 Å². The van der Waals surface area contributed by atoms with E-state index in [9.17, 15) is 4.79 Å². The summed E-state index contributed by atoms with van der Waals surface area (Å²) >= 11 is 0. The summed E-state index contributed by atoms with van der Waals surface area (Å²) in [5.41, 5.74) is 1.71. The zero-order chi connectivity index (χ0) is 19.0. The molecule has 4 heterocycles. The number of fused-ring (bicyclic) bond motifs is 1. The largest absolute Gasteiger partial charge is 0.471 e. The Balaban J connectivity index is 1.66. The summed E-state index contributed by atoms with van der Waals surface area (Å²) in [6.45, 7) is 7.31. The predicted molar refractivity (Wildman–Crippen MR) is 101 cm³/mol. The molecule has 7 nitrogen and oxygen atoms in total. The molecule has 2 aliphatic rings. The van der Waals surface area contributed by atoms with Gasteiger partial charge in [-0.05, 0) is 51.8 Å². The van der Waals surface area contributed by atoms with Crippen LogP contribution in [0.4, 0.5) is 5.69 Å². The lowest BCUT2D eigenvalue weighted by Gasteiger charge is -2.38. The van der Waals surface area contributed by atoms with Crippen molar-refractivity contribution in [2.45, 2.75) is 51.9 Å². The lowest BCUT2D eigenvalue weighted by Crippen LogP contribution is -2.47. The summed E-state index contributed by atoms with van der Waals surface area (Å²) in [7, 11) is 0. The van der Waals surface area contributed by atoms with Crippen LogP contribution in [0.3, 0.4) is 0 Å². The summed E-state index contributed by atoms with van der Waals surface area (Å²) in [6.07, 6.45) is 4.77. The van der Waals surface area contributed by atoms with Gasteiger partial charge < -0.3 is 14.4 Å². The van der Waals surface area contributed by atoms with E-state index in [1.807, 2.05) is 34.7 Å². The molecule has 2 aromatic heterocycles. The summed E-state index contributed by atoms with van der Waals surface area (Å²) in [6, 6.07) is 5.91. The molecule has 4 rings (SSSR count). The zero-order valence-electron chi connectivity index (χ0n) is 16.0. The normalized spacial score (nSPS) is 25.2. The molecule has 1 saturated heterocycles. The minimum Gasteiger partial charge on any atom is -0.471 e. The molecule has 2 aromatic rings. The van der Waals surface area contributed by atoms with Gasteiger partial charge in [-0.25, -0.2) is 4.98 Å². The number of carbonyl (C=O) groups excluding carboxylic acids is 1. The van der Waals surface area contributed by atoms with Crippen LogP contribution in [-0.2, 0) is 9.53 Å². The molecule has 0 aliphatic carbocycles. The Morgan fingerprint density at radius 2 is 2.15 bits per heavy atom. The fourth-order valence-corrected chi connectivity index (χ4v) is 3.98. The number of amides is 1. The van der Waals surface area contributed by atoms with Gasteiger partial charge in [-0.3, -0.25) is 9.48 Å². The van der Waals surface area contributed by atoms with Crippen LogP contribution in [0.5, 0.6) is 5.88 Å². The second kappa shape index (κ2) is 7.31. The van der Waals surface area contributed by atoms with Crippen molar-refractivity contribution in [2.24, 2.45) is 5.92 Å². The summed E-state index contributed by atoms with van der Waals surface area (Å²) < 4.78 is 13.8. The molecule has 1 unspecified atom stereocenters. The number of hydrogen-bond donors (Lipinski definition) is 0. The van der Waals surface area contributed by atoms with Crippen molar-refractivity contribution in [1.82, 2.24) is 14.8 Å². The Morgan fingerprint density at radius 3 is 2.96 bits per heavy atom. The fourth-order valence-electron chi connectivity index (χ4n) is 3.98. The number of nitrogens with zero attached hydrogens (tertiary/aromatic N) is 4. The van der Waals surface area contributed by atoms with E-state index < -0.39 is 0 Å². The third-order valence-electron chi connectivity index (χ3n) is 5.18. The standard InChI is InChI=1S/C20H26N4O3/c1-13(2)24-16(8-10-22-24)18-15(6-5-11-26-18)20(25)23-12-14(3)27-19-17(23)7-4-9-21-19/h4,7-10,13-15,18H,5-6,11-12H2,1-3H3/t14?,15-,18-/m1/s1. The number of carbonyl (C=O) groups is 1.